The minimum absolute atomic E-state index is 0.165. The van der Waals surface area contributed by atoms with Crippen molar-refractivity contribution in [2.24, 2.45) is 0 Å². The van der Waals surface area contributed by atoms with Crippen molar-refractivity contribution in [3.8, 4) is 11.1 Å². The Morgan fingerprint density at radius 2 is 1.50 bits per heavy atom. The summed E-state index contributed by atoms with van der Waals surface area (Å²) in [6, 6.07) is 21.3. The van der Waals surface area contributed by atoms with Crippen LogP contribution in [0.5, 0.6) is 0 Å². The lowest BCUT2D eigenvalue weighted by Gasteiger charge is -2.34. The maximum atomic E-state index is 12.9. The monoisotopic (exact) mass is 465 g/mol. The summed E-state index contributed by atoms with van der Waals surface area (Å²) in [5.41, 5.74) is 4.61. The molecule has 3 aromatic carbocycles. The number of carboxylic acid groups (broad SMARTS) is 1. The minimum Gasteiger partial charge on any atom is -0.480 e. The lowest BCUT2D eigenvalue weighted by Crippen LogP contribution is -2.48. The molecule has 4 rings (SSSR count). The van der Waals surface area contributed by atoms with Gasteiger partial charge in [0.15, 0.2) is 0 Å². The summed E-state index contributed by atoms with van der Waals surface area (Å²) in [5, 5.41) is 10.1. The van der Waals surface area contributed by atoms with Gasteiger partial charge in [-0.2, -0.15) is 0 Å². The molecular weight excluding hydrogens is 446 g/mol. The first-order valence-corrected chi connectivity index (χ1v) is 10.3. The molecule has 0 saturated heterocycles. The average Bonchev–Trinajstić information content (AvgIpc) is 3.09. The van der Waals surface area contributed by atoms with Gasteiger partial charge in [0.05, 0.1) is 13.2 Å². The van der Waals surface area contributed by atoms with Crippen molar-refractivity contribution in [3.05, 3.63) is 94.0 Å². The molecular formula is C24H20BrNO4. The Morgan fingerprint density at radius 1 is 0.967 bits per heavy atom. The number of nitrogens with zero attached hydrogens (tertiary/aromatic N) is 1. The highest BCUT2D eigenvalue weighted by atomic mass is 79.9. The first-order valence-electron chi connectivity index (χ1n) is 9.53. The van der Waals surface area contributed by atoms with Gasteiger partial charge in [0.2, 0.25) is 0 Å². The average molecular weight is 466 g/mol. The maximum Gasteiger partial charge on any atom is 0.411 e. The van der Waals surface area contributed by atoms with Crippen LogP contribution >= 0.6 is 15.9 Å². The third kappa shape index (κ3) is 3.59. The number of carbonyl (C=O) groups is 2. The minimum atomic E-state index is -1.09. The molecule has 3 aromatic rings. The summed E-state index contributed by atoms with van der Waals surface area (Å²) in [4.78, 5) is 26.7. The standard InChI is InChI=1S/C24H20BrNO4/c1-30-24(29)26(21(23(27)28)14-15-10-12-16(25)13-11-15)22-19-8-4-2-6-17(19)18-7-3-5-9-20(18)22/h2-13,21-22H,14H2,1H3,(H,27,28). The second kappa shape index (κ2) is 8.32. The largest absolute Gasteiger partial charge is 0.480 e. The molecule has 1 aliphatic rings. The van der Waals surface area contributed by atoms with E-state index >= 15 is 0 Å². The Hall–Kier alpha value is -3.12. The number of hydrogen-bond acceptors (Lipinski definition) is 3. The molecule has 0 bridgehead atoms. The van der Waals surface area contributed by atoms with Crippen LogP contribution in [0.15, 0.2) is 77.3 Å². The van der Waals surface area contributed by atoms with Crippen molar-refractivity contribution in [2.75, 3.05) is 7.11 Å². The van der Waals surface area contributed by atoms with Gasteiger partial charge >= 0.3 is 12.1 Å². The first kappa shape index (κ1) is 20.2. The first-order chi connectivity index (χ1) is 14.5. The van der Waals surface area contributed by atoms with E-state index < -0.39 is 24.1 Å². The summed E-state index contributed by atoms with van der Waals surface area (Å²) in [5.74, 6) is -1.08. The van der Waals surface area contributed by atoms with Crippen LogP contribution in [0, 0.1) is 0 Å². The zero-order valence-corrected chi connectivity index (χ0v) is 17.9. The summed E-state index contributed by atoms with van der Waals surface area (Å²) >= 11 is 3.39. The number of halogens is 1. The van der Waals surface area contributed by atoms with Crippen LogP contribution in [-0.2, 0) is 16.0 Å². The van der Waals surface area contributed by atoms with Crippen molar-refractivity contribution in [1.29, 1.82) is 0 Å². The van der Waals surface area contributed by atoms with E-state index in [0.29, 0.717) is 0 Å². The van der Waals surface area contributed by atoms with Crippen LogP contribution in [0.3, 0.4) is 0 Å². The van der Waals surface area contributed by atoms with Crippen LogP contribution in [-0.4, -0.2) is 35.2 Å². The maximum absolute atomic E-state index is 12.9. The Labute approximate surface area is 183 Å². The van der Waals surface area contributed by atoms with Crippen molar-refractivity contribution < 1.29 is 19.4 Å². The fraction of sp³-hybridized carbons (Fsp3) is 0.167. The van der Waals surface area contributed by atoms with Gasteiger partial charge < -0.3 is 9.84 Å². The normalized spacial score (nSPS) is 13.3. The number of amides is 1. The molecule has 0 spiro atoms. The van der Waals surface area contributed by atoms with Gasteiger partial charge in [0.25, 0.3) is 0 Å². The van der Waals surface area contributed by atoms with Crippen molar-refractivity contribution in [2.45, 2.75) is 18.5 Å². The van der Waals surface area contributed by atoms with Gasteiger partial charge in [-0.15, -0.1) is 0 Å². The van der Waals surface area contributed by atoms with Gasteiger partial charge in [0.1, 0.15) is 6.04 Å². The highest BCUT2D eigenvalue weighted by molar-refractivity contribution is 9.10. The lowest BCUT2D eigenvalue weighted by molar-refractivity contribution is -0.143. The smallest absolute Gasteiger partial charge is 0.411 e. The molecule has 6 heteroatoms. The van der Waals surface area contributed by atoms with Crippen LogP contribution in [0.4, 0.5) is 4.79 Å². The number of hydrogen-bond donors (Lipinski definition) is 1. The molecule has 152 valence electrons. The molecule has 0 aliphatic heterocycles. The molecule has 1 aliphatic carbocycles. The molecule has 1 N–H and O–H groups in total. The number of ether oxygens (including phenoxy) is 1. The van der Waals surface area contributed by atoms with Crippen LogP contribution < -0.4 is 0 Å². The Morgan fingerprint density at radius 3 is 2.00 bits per heavy atom. The number of fused-ring (bicyclic) bond motifs is 3. The van der Waals surface area contributed by atoms with Crippen LogP contribution in [0.2, 0.25) is 0 Å². The van der Waals surface area contributed by atoms with E-state index in [9.17, 15) is 14.7 Å². The van der Waals surface area contributed by atoms with E-state index in [1.54, 1.807) is 0 Å². The Bertz CT molecular complexity index is 1050. The van der Waals surface area contributed by atoms with Crippen LogP contribution in [0.25, 0.3) is 11.1 Å². The van der Waals surface area contributed by atoms with E-state index in [1.165, 1.54) is 12.0 Å². The molecule has 0 heterocycles. The number of methoxy groups -OCH3 is 1. The highest BCUT2D eigenvalue weighted by Crippen LogP contribution is 2.47. The van der Waals surface area contributed by atoms with E-state index in [2.05, 4.69) is 15.9 Å². The van der Waals surface area contributed by atoms with Gasteiger partial charge in [-0.3, -0.25) is 4.90 Å². The van der Waals surface area contributed by atoms with Gasteiger partial charge in [-0.1, -0.05) is 76.6 Å². The van der Waals surface area contributed by atoms with E-state index in [0.717, 1.165) is 32.3 Å². The second-order valence-electron chi connectivity index (χ2n) is 7.14. The van der Waals surface area contributed by atoms with Crippen molar-refractivity contribution in [1.82, 2.24) is 4.90 Å². The number of aliphatic carboxylic acids is 1. The molecule has 1 atom stereocenters. The number of rotatable bonds is 5. The number of carboxylic acids is 1. The third-order valence-corrected chi connectivity index (χ3v) is 5.96. The number of benzene rings is 3. The SMILES string of the molecule is COC(=O)N(C(Cc1ccc(Br)cc1)C(=O)O)C1c2ccccc2-c2ccccc21. The van der Waals surface area contributed by atoms with E-state index in [4.69, 9.17) is 4.74 Å². The Balaban J connectivity index is 1.83. The molecule has 1 unspecified atom stereocenters. The van der Waals surface area contributed by atoms with Gasteiger partial charge in [-0.25, -0.2) is 9.59 Å². The third-order valence-electron chi connectivity index (χ3n) is 5.43. The summed E-state index contributed by atoms with van der Waals surface area (Å²) in [6.07, 6.45) is -0.505. The van der Waals surface area contributed by atoms with Crippen LogP contribution in [0.1, 0.15) is 22.7 Å². The number of carbonyl (C=O) groups excluding carboxylic acids is 1. The molecule has 0 saturated carbocycles. The van der Waals surface area contributed by atoms with Gasteiger partial charge in [-0.05, 0) is 39.9 Å². The molecule has 0 fully saturated rings. The van der Waals surface area contributed by atoms with E-state index in [1.807, 2.05) is 72.8 Å². The van der Waals surface area contributed by atoms with E-state index in [-0.39, 0.29) is 6.42 Å². The fourth-order valence-corrected chi connectivity index (χ4v) is 4.36. The molecule has 30 heavy (non-hydrogen) atoms. The summed E-state index contributed by atoms with van der Waals surface area (Å²) in [6.45, 7) is 0. The molecule has 5 nitrogen and oxygen atoms in total. The van der Waals surface area contributed by atoms with Crippen molar-refractivity contribution >= 4 is 28.0 Å². The second-order valence-corrected chi connectivity index (χ2v) is 8.05. The predicted molar refractivity (Wildman–Crippen MR) is 117 cm³/mol. The zero-order valence-electron chi connectivity index (χ0n) is 16.3. The quantitative estimate of drug-likeness (QED) is 0.556. The highest BCUT2D eigenvalue weighted by Gasteiger charge is 2.42. The summed E-state index contributed by atoms with van der Waals surface area (Å²) < 4.78 is 5.96. The lowest BCUT2D eigenvalue weighted by atomic mass is 9.98. The van der Waals surface area contributed by atoms with Crippen molar-refractivity contribution in [3.63, 3.8) is 0 Å². The van der Waals surface area contributed by atoms with Gasteiger partial charge in [0, 0.05) is 10.9 Å². The zero-order chi connectivity index (χ0) is 21.3. The molecule has 1 amide bonds. The Kier molecular flexibility index (Phi) is 5.59. The molecule has 0 radical (unpaired) electrons. The topological polar surface area (TPSA) is 66.8 Å². The fourth-order valence-electron chi connectivity index (χ4n) is 4.10. The predicted octanol–water partition coefficient (Wildman–Crippen LogP) is 5.28. The summed E-state index contributed by atoms with van der Waals surface area (Å²) in [7, 11) is 1.28. The molecule has 0 aromatic heterocycles.